The first-order valence-corrected chi connectivity index (χ1v) is 3.91. The Kier molecular flexibility index (Phi) is 4.76. The summed E-state index contributed by atoms with van der Waals surface area (Å²) in [5.41, 5.74) is 5.19. The van der Waals surface area contributed by atoms with E-state index in [1.165, 1.54) is 0 Å². The quantitative estimate of drug-likeness (QED) is 0.595. The zero-order chi connectivity index (χ0) is 9.56. The van der Waals surface area contributed by atoms with Crippen LogP contribution in [0.2, 0.25) is 0 Å². The van der Waals surface area contributed by atoms with E-state index in [0.29, 0.717) is 12.8 Å². The van der Waals surface area contributed by atoms with Gasteiger partial charge in [-0.3, -0.25) is 9.59 Å². The number of allylic oxidation sites excluding steroid dienone is 1. The van der Waals surface area contributed by atoms with Crippen molar-refractivity contribution in [2.24, 2.45) is 5.73 Å². The van der Waals surface area contributed by atoms with Crippen LogP contribution in [0.4, 0.5) is 0 Å². The highest BCUT2D eigenvalue weighted by Gasteiger charge is 2.06. The van der Waals surface area contributed by atoms with Gasteiger partial charge in [0.2, 0.25) is 5.91 Å². The normalized spacial score (nSPS) is 11.0. The lowest BCUT2D eigenvalue weighted by atomic mass is 10.3. The Bertz CT molecular complexity index is 209. The van der Waals surface area contributed by atoms with Gasteiger partial charge in [0.25, 0.3) is 5.91 Å². The lowest BCUT2D eigenvalue weighted by Gasteiger charge is -2.03. The van der Waals surface area contributed by atoms with Gasteiger partial charge in [-0.2, -0.15) is 0 Å². The topological polar surface area (TPSA) is 72.2 Å². The number of nitrogens with two attached hydrogens (primary N) is 1. The molecule has 0 aromatic heterocycles. The summed E-state index contributed by atoms with van der Waals surface area (Å²) in [4.78, 5) is 21.5. The molecular weight excluding hydrogens is 156 g/mol. The lowest BCUT2D eigenvalue weighted by Crippen LogP contribution is -2.30. The van der Waals surface area contributed by atoms with Crippen molar-refractivity contribution in [2.75, 3.05) is 0 Å². The number of carbonyl (C=O) groups is 2. The third-order valence-electron chi connectivity index (χ3n) is 1.27. The molecule has 0 aliphatic heterocycles. The molecule has 4 nitrogen and oxygen atoms in total. The Morgan fingerprint density at radius 3 is 2.33 bits per heavy atom. The van der Waals surface area contributed by atoms with Gasteiger partial charge in [-0.25, -0.2) is 0 Å². The summed E-state index contributed by atoms with van der Waals surface area (Å²) < 4.78 is 0. The molecule has 0 bridgehead atoms. The fraction of sp³-hybridized carbons (Fsp3) is 0.500. The summed E-state index contributed by atoms with van der Waals surface area (Å²) in [6.45, 7) is 3.57. The van der Waals surface area contributed by atoms with Gasteiger partial charge in [0, 0.05) is 6.42 Å². The van der Waals surface area contributed by atoms with E-state index in [1.54, 1.807) is 13.0 Å². The highest BCUT2D eigenvalue weighted by molar-refractivity contribution is 5.96. The molecule has 0 unspecified atom stereocenters. The average Bonchev–Trinajstić information content (AvgIpc) is 2.03. The first-order valence-electron chi connectivity index (χ1n) is 3.91. The largest absolute Gasteiger partial charge is 0.364 e. The van der Waals surface area contributed by atoms with Crippen molar-refractivity contribution in [3.63, 3.8) is 0 Å². The minimum atomic E-state index is -0.598. The van der Waals surface area contributed by atoms with Crippen molar-refractivity contribution >= 4 is 11.8 Å². The molecule has 0 aliphatic rings. The molecule has 68 valence electrons. The third kappa shape index (κ3) is 3.75. The molecule has 0 fully saturated rings. The van der Waals surface area contributed by atoms with E-state index in [0.717, 1.165) is 0 Å². The molecule has 3 N–H and O–H groups in total. The highest BCUT2D eigenvalue weighted by atomic mass is 16.2. The predicted molar refractivity (Wildman–Crippen MR) is 46.0 cm³/mol. The molecule has 0 rings (SSSR count). The molecule has 0 saturated carbocycles. The summed E-state index contributed by atoms with van der Waals surface area (Å²) >= 11 is 0. The summed E-state index contributed by atoms with van der Waals surface area (Å²) in [7, 11) is 0. The first-order chi connectivity index (χ1) is 5.61. The lowest BCUT2D eigenvalue weighted by molar-refractivity contribution is -0.122. The molecule has 0 aromatic carbocycles. The van der Waals surface area contributed by atoms with E-state index in [4.69, 9.17) is 5.73 Å². The van der Waals surface area contributed by atoms with E-state index in [1.807, 2.05) is 6.92 Å². The summed E-state index contributed by atoms with van der Waals surface area (Å²) in [5, 5.41) is 2.41. The van der Waals surface area contributed by atoms with Crippen LogP contribution in [-0.2, 0) is 9.59 Å². The molecule has 0 spiro atoms. The molecule has 0 heterocycles. The van der Waals surface area contributed by atoms with E-state index >= 15 is 0 Å². The molecule has 12 heavy (non-hydrogen) atoms. The highest BCUT2D eigenvalue weighted by Crippen LogP contribution is 1.91. The van der Waals surface area contributed by atoms with Crippen molar-refractivity contribution in [3.8, 4) is 0 Å². The maximum atomic E-state index is 10.8. The van der Waals surface area contributed by atoms with Crippen LogP contribution in [0.25, 0.3) is 0 Å². The second kappa shape index (κ2) is 5.35. The van der Waals surface area contributed by atoms with Crippen LogP contribution in [0.15, 0.2) is 11.8 Å². The molecule has 2 amide bonds. The van der Waals surface area contributed by atoms with E-state index < -0.39 is 5.91 Å². The van der Waals surface area contributed by atoms with Gasteiger partial charge in [0.1, 0.15) is 5.70 Å². The van der Waals surface area contributed by atoms with Gasteiger partial charge in [-0.15, -0.1) is 0 Å². The van der Waals surface area contributed by atoms with Gasteiger partial charge in [-0.1, -0.05) is 19.9 Å². The maximum Gasteiger partial charge on any atom is 0.264 e. The number of carbonyl (C=O) groups excluding carboxylic acids is 2. The Morgan fingerprint density at radius 2 is 2.00 bits per heavy atom. The third-order valence-corrected chi connectivity index (χ3v) is 1.27. The van der Waals surface area contributed by atoms with Crippen LogP contribution in [0.1, 0.15) is 26.7 Å². The van der Waals surface area contributed by atoms with Crippen LogP contribution in [0, 0.1) is 0 Å². The standard InChI is InChI=1S/C8H14N2O2/c1-3-5-6(8(9)12)10-7(11)4-2/h5H,3-4H2,1-2H3,(H2,9,12)(H,10,11)/b6-5+. The van der Waals surface area contributed by atoms with Crippen LogP contribution in [0.5, 0.6) is 0 Å². The molecule has 4 heteroatoms. The first kappa shape index (κ1) is 10.7. The van der Waals surface area contributed by atoms with Gasteiger partial charge < -0.3 is 11.1 Å². The van der Waals surface area contributed by atoms with Gasteiger partial charge in [0.15, 0.2) is 0 Å². The van der Waals surface area contributed by atoms with Crippen LogP contribution in [0.3, 0.4) is 0 Å². The van der Waals surface area contributed by atoms with Crippen LogP contribution >= 0.6 is 0 Å². The molecule has 0 atom stereocenters. The number of rotatable bonds is 4. The summed E-state index contributed by atoms with van der Waals surface area (Å²) in [6.07, 6.45) is 2.60. The Balaban J connectivity index is 4.24. The fourth-order valence-electron chi connectivity index (χ4n) is 0.656. The van der Waals surface area contributed by atoms with Gasteiger partial charge in [0.05, 0.1) is 0 Å². The minimum absolute atomic E-state index is 0.185. The number of amides is 2. The average molecular weight is 170 g/mol. The molecule has 0 radical (unpaired) electrons. The fourth-order valence-corrected chi connectivity index (χ4v) is 0.656. The van der Waals surface area contributed by atoms with Crippen molar-refractivity contribution in [3.05, 3.63) is 11.8 Å². The minimum Gasteiger partial charge on any atom is -0.364 e. The monoisotopic (exact) mass is 170 g/mol. The van der Waals surface area contributed by atoms with E-state index in [2.05, 4.69) is 5.32 Å². The number of nitrogens with one attached hydrogen (secondary N) is 1. The number of hydrogen-bond acceptors (Lipinski definition) is 2. The molecule has 0 aliphatic carbocycles. The van der Waals surface area contributed by atoms with Gasteiger partial charge in [-0.05, 0) is 6.42 Å². The van der Waals surface area contributed by atoms with Gasteiger partial charge >= 0.3 is 0 Å². The van der Waals surface area contributed by atoms with E-state index in [-0.39, 0.29) is 11.6 Å². The zero-order valence-corrected chi connectivity index (χ0v) is 7.39. The summed E-state index contributed by atoms with van der Waals surface area (Å²) in [5.74, 6) is -0.799. The molecular formula is C8H14N2O2. The van der Waals surface area contributed by atoms with Crippen LogP contribution < -0.4 is 11.1 Å². The Hall–Kier alpha value is -1.32. The zero-order valence-electron chi connectivity index (χ0n) is 7.39. The van der Waals surface area contributed by atoms with Crippen molar-refractivity contribution in [1.82, 2.24) is 5.32 Å². The maximum absolute atomic E-state index is 10.8. The molecule has 0 aromatic rings. The predicted octanol–water partition coefficient (Wildman–Crippen LogP) is 0.292. The van der Waals surface area contributed by atoms with Crippen LogP contribution in [-0.4, -0.2) is 11.8 Å². The second-order valence-electron chi connectivity index (χ2n) is 2.29. The smallest absolute Gasteiger partial charge is 0.264 e. The Labute approximate surface area is 71.8 Å². The second-order valence-corrected chi connectivity index (χ2v) is 2.29. The Morgan fingerprint density at radius 1 is 1.42 bits per heavy atom. The number of primary amides is 1. The van der Waals surface area contributed by atoms with Crippen molar-refractivity contribution in [2.45, 2.75) is 26.7 Å². The SMILES string of the molecule is CC/C=C(/NC(=O)CC)C(N)=O. The number of hydrogen-bond donors (Lipinski definition) is 2. The van der Waals surface area contributed by atoms with Crippen molar-refractivity contribution in [1.29, 1.82) is 0 Å². The molecule has 0 saturated heterocycles. The van der Waals surface area contributed by atoms with E-state index in [9.17, 15) is 9.59 Å². The summed E-state index contributed by atoms with van der Waals surface area (Å²) in [6, 6.07) is 0. The van der Waals surface area contributed by atoms with Crippen molar-refractivity contribution < 1.29 is 9.59 Å².